The van der Waals surface area contributed by atoms with Gasteiger partial charge in [-0.2, -0.15) is 0 Å². The molecule has 17 heavy (non-hydrogen) atoms. The first-order valence-corrected chi connectivity index (χ1v) is 7.00. The van der Waals surface area contributed by atoms with Crippen LogP contribution >= 0.6 is 15.9 Å². The van der Waals surface area contributed by atoms with Crippen molar-refractivity contribution in [3.05, 3.63) is 33.8 Å². The van der Waals surface area contributed by atoms with Crippen molar-refractivity contribution >= 4 is 15.9 Å². The minimum Gasteiger partial charge on any atom is -0.386 e. The summed E-state index contributed by atoms with van der Waals surface area (Å²) in [6, 6.07) is 6.18. The molecule has 0 saturated carbocycles. The maximum Gasteiger partial charge on any atom is 0.0840 e. The standard InChI is InChI=1S/C14H20BrNO/c1-14(2,17)12-6-5-11(13(15)9-12)10-16-7-3-4-8-16/h5-6,9,17H,3-4,7-8,10H2,1-2H3. The third-order valence-corrected chi connectivity index (χ3v) is 4.09. The lowest BCUT2D eigenvalue weighted by molar-refractivity contribution is 0.0785. The van der Waals surface area contributed by atoms with Gasteiger partial charge in [0.2, 0.25) is 0 Å². The largest absolute Gasteiger partial charge is 0.386 e. The molecule has 3 heteroatoms. The zero-order chi connectivity index (χ0) is 12.5. The Morgan fingerprint density at radius 3 is 2.47 bits per heavy atom. The van der Waals surface area contributed by atoms with Gasteiger partial charge in [-0.05, 0) is 57.0 Å². The SMILES string of the molecule is CC(C)(O)c1ccc(CN2CCCC2)c(Br)c1. The van der Waals surface area contributed by atoms with Crippen LogP contribution in [0.2, 0.25) is 0 Å². The number of hydrogen-bond acceptors (Lipinski definition) is 2. The molecule has 2 rings (SSSR count). The number of rotatable bonds is 3. The van der Waals surface area contributed by atoms with Gasteiger partial charge >= 0.3 is 0 Å². The molecular formula is C14H20BrNO. The van der Waals surface area contributed by atoms with Crippen LogP contribution in [0.15, 0.2) is 22.7 Å². The smallest absolute Gasteiger partial charge is 0.0840 e. The summed E-state index contributed by atoms with van der Waals surface area (Å²) >= 11 is 3.61. The van der Waals surface area contributed by atoms with Gasteiger partial charge in [0.05, 0.1) is 5.60 Å². The van der Waals surface area contributed by atoms with Crippen LogP contribution in [0.25, 0.3) is 0 Å². The van der Waals surface area contributed by atoms with Gasteiger partial charge in [-0.1, -0.05) is 28.1 Å². The highest BCUT2D eigenvalue weighted by atomic mass is 79.9. The summed E-state index contributed by atoms with van der Waals surface area (Å²) in [6.45, 7) is 7.05. The van der Waals surface area contributed by atoms with Crippen LogP contribution in [0.4, 0.5) is 0 Å². The molecule has 1 aromatic rings. The fourth-order valence-corrected chi connectivity index (χ4v) is 2.74. The summed E-state index contributed by atoms with van der Waals surface area (Å²) in [7, 11) is 0. The van der Waals surface area contributed by atoms with Crippen LogP contribution in [-0.4, -0.2) is 23.1 Å². The van der Waals surface area contributed by atoms with Gasteiger partial charge in [-0.15, -0.1) is 0 Å². The minimum atomic E-state index is -0.769. The van der Waals surface area contributed by atoms with Gasteiger partial charge in [-0.3, -0.25) is 4.90 Å². The van der Waals surface area contributed by atoms with Crippen molar-refractivity contribution < 1.29 is 5.11 Å². The summed E-state index contributed by atoms with van der Waals surface area (Å²) < 4.78 is 1.10. The highest BCUT2D eigenvalue weighted by Gasteiger charge is 2.18. The first kappa shape index (κ1) is 13.1. The molecule has 0 aromatic heterocycles. The second-order valence-electron chi connectivity index (χ2n) is 5.35. The molecule has 0 spiro atoms. The van der Waals surface area contributed by atoms with Crippen molar-refractivity contribution in [3.8, 4) is 0 Å². The zero-order valence-corrected chi connectivity index (χ0v) is 12.1. The van der Waals surface area contributed by atoms with Gasteiger partial charge < -0.3 is 5.11 Å². The Bertz CT molecular complexity index is 392. The van der Waals surface area contributed by atoms with Crippen LogP contribution in [-0.2, 0) is 12.1 Å². The van der Waals surface area contributed by atoms with E-state index >= 15 is 0 Å². The van der Waals surface area contributed by atoms with E-state index in [0.29, 0.717) is 0 Å². The Labute approximate surface area is 112 Å². The fourth-order valence-electron chi connectivity index (χ4n) is 2.24. The van der Waals surface area contributed by atoms with E-state index in [0.717, 1.165) is 16.6 Å². The molecule has 1 heterocycles. The molecule has 1 aliphatic heterocycles. The molecule has 1 saturated heterocycles. The Morgan fingerprint density at radius 1 is 1.29 bits per heavy atom. The summed E-state index contributed by atoms with van der Waals surface area (Å²) in [5.41, 5.74) is 1.49. The molecule has 0 amide bonds. The molecule has 1 aromatic carbocycles. The topological polar surface area (TPSA) is 23.5 Å². The number of hydrogen-bond donors (Lipinski definition) is 1. The van der Waals surface area contributed by atoms with E-state index in [1.165, 1.54) is 31.5 Å². The van der Waals surface area contributed by atoms with Gasteiger partial charge in [0.1, 0.15) is 0 Å². The van der Waals surface area contributed by atoms with Crippen molar-refractivity contribution in [3.63, 3.8) is 0 Å². The van der Waals surface area contributed by atoms with Crippen LogP contribution in [0.1, 0.15) is 37.8 Å². The van der Waals surface area contributed by atoms with Gasteiger partial charge in [0.25, 0.3) is 0 Å². The summed E-state index contributed by atoms with van der Waals surface area (Å²) in [5.74, 6) is 0. The first-order chi connectivity index (χ1) is 7.97. The lowest BCUT2D eigenvalue weighted by Crippen LogP contribution is -2.19. The van der Waals surface area contributed by atoms with E-state index in [-0.39, 0.29) is 0 Å². The number of aliphatic hydroxyl groups is 1. The van der Waals surface area contributed by atoms with Crippen LogP contribution in [0, 0.1) is 0 Å². The van der Waals surface area contributed by atoms with E-state index < -0.39 is 5.60 Å². The second kappa shape index (κ2) is 5.09. The third kappa shape index (κ3) is 3.30. The van der Waals surface area contributed by atoms with Gasteiger partial charge in [0, 0.05) is 11.0 Å². The van der Waals surface area contributed by atoms with Crippen LogP contribution in [0.3, 0.4) is 0 Å². The highest BCUT2D eigenvalue weighted by Crippen LogP contribution is 2.27. The molecule has 0 radical (unpaired) electrons. The Hall–Kier alpha value is -0.380. The third-order valence-electron chi connectivity index (χ3n) is 3.35. The molecule has 1 aliphatic rings. The molecular weight excluding hydrogens is 278 g/mol. The summed E-state index contributed by atoms with van der Waals surface area (Å²) in [4.78, 5) is 2.48. The van der Waals surface area contributed by atoms with Crippen molar-refractivity contribution in [1.82, 2.24) is 4.90 Å². The molecule has 2 nitrogen and oxygen atoms in total. The molecule has 1 fully saturated rings. The van der Waals surface area contributed by atoms with Crippen LogP contribution < -0.4 is 0 Å². The van der Waals surface area contributed by atoms with E-state index in [1.807, 2.05) is 26.0 Å². The number of halogens is 1. The van der Waals surface area contributed by atoms with Crippen LogP contribution in [0.5, 0.6) is 0 Å². The minimum absolute atomic E-state index is 0.769. The van der Waals surface area contributed by atoms with E-state index in [4.69, 9.17) is 0 Å². The Kier molecular flexibility index (Phi) is 3.91. The quantitative estimate of drug-likeness (QED) is 0.926. The summed E-state index contributed by atoms with van der Waals surface area (Å²) in [6.07, 6.45) is 2.64. The lowest BCUT2D eigenvalue weighted by Gasteiger charge is -2.20. The van der Waals surface area contributed by atoms with E-state index in [1.54, 1.807) is 0 Å². The molecule has 1 N–H and O–H groups in total. The second-order valence-corrected chi connectivity index (χ2v) is 6.20. The molecule has 0 unspecified atom stereocenters. The molecule has 0 atom stereocenters. The van der Waals surface area contributed by atoms with E-state index in [9.17, 15) is 5.11 Å². The Morgan fingerprint density at radius 2 is 1.94 bits per heavy atom. The number of benzene rings is 1. The molecule has 0 bridgehead atoms. The van der Waals surface area contributed by atoms with Gasteiger partial charge in [0.15, 0.2) is 0 Å². The fraction of sp³-hybridized carbons (Fsp3) is 0.571. The predicted octanol–water partition coefficient (Wildman–Crippen LogP) is 3.27. The maximum atomic E-state index is 9.96. The monoisotopic (exact) mass is 297 g/mol. The molecule has 94 valence electrons. The average molecular weight is 298 g/mol. The number of likely N-dealkylation sites (tertiary alicyclic amines) is 1. The average Bonchev–Trinajstić information content (AvgIpc) is 2.72. The lowest BCUT2D eigenvalue weighted by atomic mass is 9.97. The first-order valence-electron chi connectivity index (χ1n) is 6.20. The highest BCUT2D eigenvalue weighted by molar-refractivity contribution is 9.10. The maximum absolute atomic E-state index is 9.96. The molecule has 0 aliphatic carbocycles. The van der Waals surface area contributed by atoms with Crippen molar-refractivity contribution in [2.24, 2.45) is 0 Å². The van der Waals surface area contributed by atoms with Gasteiger partial charge in [-0.25, -0.2) is 0 Å². The predicted molar refractivity (Wildman–Crippen MR) is 73.9 cm³/mol. The zero-order valence-electron chi connectivity index (χ0n) is 10.5. The van der Waals surface area contributed by atoms with Crippen molar-refractivity contribution in [2.75, 3.05) is 13.1 Å². The van der Waals surface area contributed by atoms with Crippen molar-refractivity contribution in [1.29, 1.82) is 0 Å². The summed E-state index contributed by atoms with van der Waals surface area (Å²) in [5, 5.41) is 9.96. The van der Waals surface area contributed by atoms with E-state index in [2.05, 4.69) is 26.9 Å². The Balaban J connectivity index is 2.14. The van der Waals surface area contributed by atoms with Crippen molar-refractivity contribution in [2.45, 2.75) is 38.8 Å². The number of nitrogens with zero attached hydrogens (tertiary/aromatic N) is 1. The normalized spacial score (nSPS) is 17.6.